The number of halogens is 3. The van der Waals surface area contributed by atoms with E-state index in [4.69, 9.17) is 10.5 Å². The van der Waals surface area contributed by atoms with Crippen molar-refractivity contribution in [1.29, 1.82) is 10.5 Å². The first-order valence-corrected chi connectivity index (χ1v) is 19.9. The Kier molecular flexibility index (Phi) is 10.7. The van der Waals surface area contributed by atoms with Crippen LogP contribution in [-0.4, -0.2) is 71.7 Å². The van der Waals surface area contributed by atoms with Gasteiger partial charge in [-0.1, -0.05) is 76.6 Å². The van der Waals surface area contributed by atoms with E-state index in [9.17, 15) is 28.0 Å². The summed E-state index contributed by atoms with van der Waals surface area (Å²) in [5.74, 6) is -1.08. The minimum atomic E-state index is -0.562. The molecule has 2 aromatic heterocycles. The number of alkyl halides is 1. The average molecular weight is 858 g/mol. The van der Waals surface area contributed by atoms with Crippen LogP contribution in [0.2, 0.25) is 0 Å². The summed E-state index contributed by atoms with van der Waals surface area (Å²) in [4.78, 5) is 53.7. The van der Waals surface area contributed by atoms with Gasteiger partial charge in [0.2, 0.25) is 0 Å². The molecule has 12 nitrogen and oxygen atoms in total. The number of benzene rings is 4. The Morgan fingerprint density at radius 1 is 0.661 bits per heavy atom. The molecule has 0 saturated carbocycles. The van der Waals surface area contributed by atoms with Crippen molar-refractivity contribution in [2.75, 3.05) is 11.9 Å². The van der Waals surface area contributed by atoms with Crippen LogP contribution in [0.5, 0.6) is 0 Å². The van der Waals surface area contributed by atoms with E-state index >= 15 is 0 Å². The zero-order valence-corrected chi connectivity index (χ0v) is 33.0. The largest absolute Gasteiger partial charge is 0.338 e. The van der Waals surface area contributed by atoms with Gasteiger partial charge in [0.25, 0.3) is 11.8 Å². The lowest BCUT2D eigenvalue weighted by Gasteiger charge is -2.28. The summed E-state index contributed by atoms with van der Waals surface area (Å²) in [5.41, 5.74) is 8.22. The molecule has 0 aliphatic carbocycles. The Bertz CT molecular complexity index is 2730. The Hall–Kier alpha value is -6.84. The summed E-state index contributed by atoms with van der Waals surface area (Å²) in [7, 11) is 0. The van der Waals surface area contributed by atoms with Crippen molar-refractivity contribution in [2.45, 2.75) is 51.1 Å². The van der Waals surface area contributed by atoms with Gasteiger partial charge < -0.3 is 18.9 Å². The maximum atomic E-state index is 13.3. The van der Waals surface area contributed by atoms with E-state index in [0.717, 1.165) is 60.3 Å². The highest BCUT2D eigenvalue weighted by Crippen LogP contribution is 2.38. The van der Waals surface area contributed by atoms with Crippen LogP contribution in [0.25, 0.3) is 21.8 Å². The van der Waals surface area contributed by atoms with Crippen molar-refractivity contribution in [3.05, 3.63) is 142 Å². The van der Waals surface area contributed by atoms with Crippen LogP contribution in [0.4, 0.5) is 18.4 Å². The number of rotatable bonds is 5. The third-order valence-corrected chi connectivity index (χ3v) is 11.4. The smallest absolute Gasteiger partial charge is 0.328 e. The van der Waals surface area contributed by atoms with Gasteiger partial charge in [-0.2, -0.15) is 10.5 Å². The van der Waals surface area contributed by atoms with E-state index in [2.05, 4.69) is 36.4 Å². The van der Waals surface area contributed by atoms with Gasteiger partial charge in [0.1, 0.15) is 30.3 Å². The fraction of sp³-hybridized carbons (Fsp3) is 0.227. The molecule has 4 aromatic carbocycles. The lowest BCUT2D eigenvalue weighted by Crippen LogP contribution is -2.40. The number of fused-ring (bicyclic) bond motifs is 8. The summed E-state index contributed by atoms with van der Waals surface area (Å²) in [6.07, 6.45) is 0.947. The highest BCUT2D eigenvalue weighted by Gasteiger charge is 2.48. The molecular weight excluding hydrogens is 822 g/mol. The van der Waals surface area contributed by atoms with Gasteiger partial charge in [-0.05, 0) is 58.7 Å². The van der Waals surface area contributed by atoms with Gasteiger partial charge in [-0.25, -0.2) is 23.3 Å². The molecule has 6 amide bonds. The Morgan fingerprint density at radius 3 is 1.63 bits per heavy atom. The fourth-order valence-corrected chi connectivity index (χ4v) is 8.50. The second kappa shape index (κ2) is 16.2. The van der Waals surface area contributed by atoms with Gasteiger partial charge in [-0.3, -0.25) is 14.9 Å². The molecule has 2 fully saturated rings. The van der Waals surface area contributed by atoms with Crippen molar-refractivity contribution in [1.82, 2.24) is 29.2 Å². The molecule has 1 N–H and O–H groups in total. The van der Waals surface area contributed by atoms with Crippen molar-refractivity contribution < 1.29 is 28.0 Å². The minimum absolute atomic E-state index is 0.226. The number of hydrogen-bond donors (Lipinski definition) is 1. The van der Waals surface area contributed by atoms with Crippen LogP contribution in [-0.2, 0) is 48.6 Å². The first-order chi connectivity index (χ1) is 28.6. The lowest BCUT2D eigenvalue weighted by atomic mass is 9.97. The Balaban J connectivity index is 0.000000151. The number of imide groups is 2. The van der Waals surface area contributed by atoms with E-state index in [1.807, 2.05) is 54.6 Å². The molecular formula is C44H35BrF2N8O4. The predicted octanol–water partition coefficient (Wildman–Crippen LogP) is 6.75. The van der Waals surface area contributed by atoms with E-state index in [0.29, 0.717) is 44.4 Å². The van der Waals surface area contributed by atoms with Crippen molar-refractivity contribution in [2.24, 2.45) is 0 Å². The highest BCUT2D eigenvalue weighted by molar-refractivity contribution is 9.09. The van der Waals surface area contributed by atoms with Gasteiger partial charge in [0.15, 0.2) is 0 Å². The molecule has 296 valence electrons. The van der Waals surface area contributed by atoms with Crippen molar-refractivity contribution in [3.8, 4) is 12.1 Å². The number of aromatic nitrogens is 2. The molecule has 0 radical (unpaired) electrons. The molecule has 15 heteroatoms. The van der Waals surface area contributed by atoms with Crippen LogP contribution in [0.15, 0.2) is 97.1 Å². The quantitative estimate of drug-likeness (QED) is 0.115. The third-order valence-electron chi connectivity index (χ3n) is 11.2. The number of nitriles is 2. The zero-order valence-electron chi connectivity index (χ0n) is 31.4. The van der Waals surface area contributed by atoms with Crippen LogP contribution in [0.1, 0.15) is 33.6 Å². The molecule has 6 heterocycles. The molecule has 10 rings (SSSR count). The summed E-state index contributed by atoms with van der Waals surface area (Å²) in [6, 6.07) is 30.9. The number of urea groups is 2. The second-order valence-corrected chi connectivity index (χ2v) is 15.0. The van der Waals surface area contributed by atoms with E-state index in [1.165, 1.54) is 24.3 Å². The fourth-order valence-electron chi connectivity index (χ4n) is 8.50. The monoisotopic (exact) mass is 856 g/mol. The Morgan fingerprint density at radius 2 is 1.14 bits per heavy atom. The standard InChI is InChI=1S/C22H17FN4O2.C20H16FN3O2.C2H2BrN/c23-15-7-5-14(6-8-15)12-26-18-4-2-1-3-16(18)17-11-19-21(28)25(10-9-24)22(29)27(19)13-20(17)26;21-13-7-5-12(6-8-13)10-23-16-4-2-1-3-14(16)15-9-17-19(25)22-20(26)24(17)11-18(15)23;3-1-2-4/h1-8,19H,10-13H2;1-8,17H,9-11H2,(H,22,25,26);1H2. The number of nitrogens with zero attached hydrogens (tertiary/aromatic N) is 7. The van der Waals surface area contributed by atoms with Crippen LogP contribution < -0.4 is 5.32 Å². The first-order valence-electron chi connectivity index (χ1n) is 18.8. The molecule has 4 aliphatic heterocycles. The zero-order chi connectivity index (χ0) is 41.4. The molecule has 4 aliphatic rings. The molecule has 0 spiro atoms. The first kappa shape index (κ1) is 39.0. The minimum Gasteiger partial charge on any atom is -0.338 e. The van der Waals surface area contributed by atoms with Crippen LogP contribution >= 0.6 is 15.9 Å². The summed E-state index contributed by atoms with van der Waals surface area (Å²) >= 11 is 2.89. The SMILES string of the molecule is N#CCBr.N#CCN1C(=O)C2Cc3c(n(Cc4ccc(F)cc4)c4ccccc34)CN2C1=O.O=C1NC(=O)N2Cc3c(c4ccccc4n3Cc3ccc(F)cc3)CC12. The summed E-state index contributed by atoms with van der Waals surface area (Å²) in [6.45, 7) is 1.60. The highest BCUT2D eigenvalue weighted by atomic mass is 79.9. The topological polar surface area (TPSA) is 147 Å². The van der Waals surface area contributed by atoms with E-state index < -0.39 is 18.1 Å². The summed E-state index contributed by atoms with van der Waals surface area (Å²) < 4.78 is 30.8. The van der Waals surface area contributed by atoms with Crippen molar-refractivity contribution >= 4 is 61.6 Å². The second-order valence-electron chi connectivity index (χ2n) is 14.5. The van der Waals surface area contributed by atoms with Gasteiger partial charge in [0.05, 0.1) is 30.6 Å². The Labute approximate surface area is 345 Å². The van der Waals surface area contributed by atoms with Crippen LogP contribution in [0.3, 0.4) is 0 Å². The van der Waals surface area contributed by atoms with Gasteiger partial charge in [-0.15, -0.1) is 0 Å². The average Bonchev–Trinajstić information content (AvgIpc) is 3.91. The number of carbonyl (C=O) groups is 4. The lowest BCUT2D eigenvalue weighted by molar-refractivity contribution is -0.128. The molecule has 6 aromatic rings. The predicted molar refractivity (Wildman–Crippen MR) is 217 cm³/mol. The van der Waals surface area contributed by atoms with Gasteiger partial charge >= 0.3 is 12.1 Å². The molecule has 2 saturated heterocycles. The third kappa shape index (κ3) is 7.19. The summed E-state index contributed by atoms with van der Waals surface area (Å²) in [5, 5.41) is 21.5. The number of amides is 6. The number of nitrogens with one attached hydrogen (secondary N) is 1. The van der Waals surface area contributed by atoms with E-state index in [-0.39, 0.29) is 36.0 Å². The normalized spacial score (nSPS) is 17.5. The molecule has 2 unspecified atom stereocenters. The maximum absolute atomic E-state index is 13.3. The van der Waals surface area contributed by atoms with Crippen molar-refractivity contribution in [3.63, 3.8) is 0 Å². The van der Waals surface area contributed by atoms with Crippen LogP contribution in [0, 0.1) is 34.3 Å². The molecule has 59 heavy (non-hydrogen) atoms. The van der Waals surface area contributed by atoms with Gasteiger partial charge in [0, 0.05) is 59.1 Å². The number of para-hydroxylation sites is 2. The molecule has 2 atom stereocenters. The van der Waals surface area contributed by atoms with E-state index in [1.54, 1.807) is 34.1 Å². The number of carbonyl (C=O) groups excluding carboxylic acids is 4. The maximum Gasteiger partial charge on any atom is 0.328 e. The number of hydrogen-bond acceptors (Lipinski definition) is 6. The molecule has 0 bridgehead atoms.